The summed E-state index contributed by atoms with van der Waals surface area (Å²) in [6.07, 6.45) is 0. The molecule has 0 aliphatic heterocycles. The molecule has 0 unspecified atom stereocenters. The zero-order valence-corrected chi connectivity index (χ0v) is 7.75. The number of rotatable bonds is 3. The van der Waals surface area contributed by atoms with Gasteiger partial charge in [0.15, 0.2) is 5.03 Å². The van der Waals surface area contributed by atoms with Gasteiger partial charge in [0, 0.05) is 0 Å². The van der Waals surface area contributed by atoms with Crippen LogP contribution in [-0.4, -0.2) is 16.1 Å². The number of benzene rings is 1. The molecule has 1 aromatic rings. The number of phenols is 1. The van der Waals surface area contributed by atoms with Crippen LogP contribution in [0.1, 0.15) is 5.56 Å². The van der Waals surface area contributed by atoms with Crippen LogP contribution in [0.15, 0.2) is 29.3 Å². The Bertz CT molecular complexity index is 391. The molecule has 0 aliphatic rings. The van der Waals surface area contributed by atoms with Gasteiger partial charge in [0.1, 0.15) is 5.75 Å². The lowest BCUT2D eigenvalue weighted by atomic mass is 10.2. The Balaban J connectivity index is 2.59. The van der Waals surface area contributed by atoms with Crippen molar-refractivity contribution in [1.29, 1.82) is 0 Å². The van der Waals surface area contributed by atoms with Crippen molar-refractivity contribution < 1.29 is 10.1 Å². The van der Waals surface area contributed by atoms with Crippen molar-refractivity contribution in [2.45, 2.75) is 6.54 Å². The Kier molecular flexibility index (Phi) is 3.44. The van der Waals surface area contributed by atoms with Gasteiger partial charge in [-0.15, -0.1) is 0 Å². The number of aromatic hydroxyl groups is 1. The fourth-order valence-corrected chi connectivity index (χ4v) is 0.960. The van der Waals surface area contributed by atoms with Gasteiger partial charge in [0.25, 0.3) is 5.96 Å². The second-order valence-electron chi connectivity index (χ2n) is 2.74. The second-order valence-corrected chi connectivity index (χ2v) is 2.74. The monoisotopic (exact) mass is 210 g/mol. The van der Waals surface area contributed by atoms with E-state index < -0.39 is 5.03 Å². The standard InChI is InChI=1S/C8H10N4O3/c9-8(11-12(14)15)10-5-6-2-1-3-7(13)4-6/h1-4,13H,5H2,(H3,9,10,11). The molecule has 1 aromatic carbocycles. The predicted molar refractivity (Wildman–Crippen MR) is 53.6 cm³/mol. The lowest BCUT2D eigenvalue weighted by Crippen LogP contribution is -2.36. The molecule has 0 heterocycles. The smallest absolute Gasteiger partial charge is 0.251 e. The van der Waals surface area contributed by atoms with Crippen molar-refractivity contribution in [3.63, 3.8) is 0 Å². The van der Waals surface area contributed by atoms with E-state index in [9.17, 15) is 10.1 Å². The van der Waals surface area contributed by atoms with Gasteiger partial charge >= 0.3 is 0 Å². The minimum Gasteiger partial charge on any atom is -0.508 e. The summed E-state index contributed by atoms with van der Waals surface area (Å²) in [5, 5.41) is 18.3. The molecule has 0 atom stereocenters. The normalized spacial score (nSPS) is 11.1. The topological polar surface area (TPSA) is 114 Å². The maximum Gasteiger partial charge on any atom is 0.251 e. The van der Waals surface area contributed by atoms with Gasteiger partial charge in [-0.2, -0.15) is 0 Å². The third-order valence-electron chi connectivity index (χ3n) is 1.55. The van der Waals surface area contributed by atoms with Gasteiger partial charge in [0.2, 0.25) is 0 Å². The molecule has 15 heavy (non-hydrogen) atoms. The van der Waals surface area contributed by atoms with Crippen molar-refractivity contribution in [1.82, 2.24) is 5.43 Å². The van der Waals surface area contributed by atoms with E-state index in [0.717, 1.165) is 0 Å². The van der Waals surface area contributed by atoms with Crippen LogP contribution in [0.4, 0.5) is 0 Å². The highest BCUT2D eigenvalue weighted by atomic mass is 16.7. The summed E-state index contributed by atoms with van der Waals surface area (Å²) in [7, 11) is 0. The molecule has 1 rings (SSSR count). The van der Waals surface area contributed by atoms with Gasteiger partial charge in [-0.3, -0.25) is 0 Å². The maximum absolute atomic E-state index is 9.97. The summed E-state index contributed by atoms with van der Waals surface area (Å²) in [6.45, 7) is 0.168. The molecule has 0 amide bonds. The Morgan fingerprint density at radius 2 is 2.40 bits per heavy atom. The number of nitrogens with one attached hydrogen (secondary N) is 1. The Morgan fingerprint density at radius 1 is 1.67 bits per heavy atom. The minimum atomic E-state index is -0.790. The molecule has 0 saturated heterocycles. The van der Waals surface area contributed by atoms with Crippen LogP contribution in [0.5, 0.6) is 5.75 Å². The quantitative estimate of drug-likeness (QED) is 0.281. The van der Waals surface area contributed by atoms with Crippen molar-refractivity contribution in [2.24, 2.45) is 10.7 Å². The summed E-state index contributed by atoms with van der Waals surface area (Å²) in [4.78, 5) is 13.7. The summed E-state index contributed by atoms with van der Waals surface area (Å²) in [5.41, 5.74) is 7.62. The highest BCUT2D eigenvalue weighted by molar-refractivity contribution is 5.76. The van der Waals surface area contributed by atoms with Crippen LogP contribution in [0, 0.1) is 10.1 Å². The number of guanidine groups is 1. The van der Waals surface area contributed by atoms with Gasteiger partial charge in [0.05, 0.1) is 6.54 Å². The number of aliphatic imine (C=N–C) groups is 1. The zero-order chi connectivity index (χ0) is 11.3. The number of nitrogens with two attached hydrogens (primary N) is 1. The van der Waals surface area contributed by atoms with Crippen LogP contribution in [-0.2, 0) is 6.54 Å². The average Bonchev–Trinajstić information content (AvgIpc) is 2.14. The van der Waals surface area contributed by atoms with E-state index in [-0.39, 0.29) is 18.3 Å². The molecule has 80 valence electrons. The zero-order valence-electron chi connectivity index (χ0n) is 7.75. The summed E-state index contributed by atoms with van der Waals surface area (Å²) >= 11 is 0. The molecule has 0 spiro atoms. The first-order valence-corrected chi connectivity index (χ1v) is 4.07. The molecule has 7 nitrogen and oxygen atoms in total. The fourth-order valence-electron chi connectivity index (χ4n) is 0.960. The Labute approximate surface area is 85.4 Å². The molecule has 0 bridgehead atoms. The van der Waals surface area contributed by atoms with Crippen molar-refractivity contribution in [3.05, 3.63) is 39.9 Å². The van der Waals surface area contributed by atoms with Crippen LogP contribution in [0.2, 0.25) is 0 Å². The molecule has 0 aliphatic carbocycles. The van der Waals surface area contributed by atoms with Gasteiger partial charge in [-0.25, -0.2) is 15.1 Å². The molecule has 4 N–H and O–H groups in total. The molecule has 0 aromatic heterocycles. The Hall–Kier alpha value is -2.31. The summed E-state index contributed by atoms with van der Waals surface area (Å²) in [5.74, 6) is -0.160. The van der Waals surface area contributed by atoms with Gasteiger partial charge < -0.3 is 10.8 Å². The molecule has 0 saturated carbocycles. The molecule has 7 heteroatoms. The van der Waals surface area contributed by atoms with Crippen molar-refractivity contribution in [3.8, 4) is 5.75 Å². The van der Waals surface area contributed by atoms with Crippen molar-refractivity contribution in [2.75, 3.05) is 0 Å². The van der Waals surface area contributed by atoms with E-state index in [1.807, 2.05) is 0 Å². The third kappa shape index (κ3) is 3.94. The average molecular weight is 210 g/mol. The van der Waals surface area contributed by atoms with E-state index in [0.29, 0.717) is 5.56 Å². The largest absolute Gasteiger partial charge is 0.508 e. The van der Waals surface area contributed by atoms with E-state index in [4.69, 9.17) is 10.8 Å². The molecule has 0 fully saturated rings. The fraction of sp³-hybridized carbons (Fsp3) is 0.125. The highest BCUT2D eigenvalue weighted by Crippen LogP contribution is 2.11. The molecular weight excluding hydrogens is 200 g/mol. The van der Waals surface area contributed by atoms with E-state index in [2.05, 4.69) is 4.99 Å². The summed E-state index contributed by atoms with van der Waals surface area (Å²) < 4.78 is 0. The second kappa shape index (κ2) is 4.80. The van der Waals surface area contributed by atoms with E-state index >= 15 is 0 Å². The van der Waals surface area contributed by atoms with Crippen LogP contribution < -0.4 is 11.2 Å². The van der Waals surface area contributed by atoms with E-state index in [1.165, 1.54) is 12.1 Å². The Morgan fingerprint density at radius 3 is 3.00 bits per heavy atom. The molecule has 0 radical (unpaired) electrons. The van der Waals surface area contributed by atoms with Gasteiger partial charge in [-0.05, 0) is 17.7 Å². The van der Waals surface area contributed by atoms with Crippen LogP contribution >= 0.6 is 0 Å². The number of nitrogens with zero attached hydrogens (tertiary/aromatic N) is 2. The molecular formula is C8H10N4O3. The first-order valence-electron chi connectivity index (χ1n) is 4.07. The summed E-state index contributed by atoms with van der Waals surface area (Å²) in [6, 6.07) is 6.40. The SMILES string of the molecule is NC(=NCc1cccc(O)c1)N[N+](=O)[O-]. The third-order valence-corrected chi connectivity index (χ3v) is 1.55. The number of nitro groups is 1. The number of hydrazine groups is 1. The lowest BCUT2D eigenvalue weighted by Gasteiger charge is -1.98. The lowest BCUT2D eigenvalue weighted by molar-refractivity contribution is -0.525. The highest BCUT2D eigenvalue weighted by Gasteiger charge is 1.99. The first-order chi connectivity index (χ1) is 7.08. The first kappa shape index (κ1) is 10.8. The maximum atomic E-state index is 9.97. The predicted octanol–water partition coefficient (Wildman–Crippen LogP) is -0.0118. The number of phenolic OH excluding ortho intramolecular Hbond substituents is 1. The minimum absolute atomic E-state index is 0.114. The van der Waals surface area contributed by atoms with Crippen LogP contribution in [0.3, 0.4) is 0 Å². The van der Waals surface area contributed by atoms with Crippen molar-refractivity contribution >= 4 is 5.96 Å². The van der Waals surface area contributed by atoms with Gasteiger partial charge in [-0.1, -0.05) is 17.6 Å². The number of hydrogen-bond donors (Lipinski definition) is 3. The van der Waals surface area contributed by atoms with E-state index in [1.54, 1.807) is 17.6 Å². The number of hydrogen-bond acceptors (Lipinski definition) is 4. The van der Waals surface area contributed by atoms with Crippen LogP contribution in [0.25, 0.3) is 0 Å².